The quantitative estimate of drug-likeness (QED) is 0.530. The maximum absolute atomic E-state index is 12.7. The highest BCUT2D eigenvalue weighted by molar-refractivity contribution is 6.22. The van der Waals surface area contributed by atoms with Gasteiger partial charge in [0.05, 0.1) is 11.6 Å². The highest BCUT2D eigenvalue weighted by Gasteiger charge is 2.19. The van der Waals surface area contributed by atoms with E-state index in [1.165, 1.54) is 6.42 Å². The number of ether oxygens (including phenoxy) is 1. The van der Waals surface area contributed by atoms with Crippen LogP contribution in [-0.4, -0.2) is 23.4 Å². The molecule has 0 aliphatic heterocycles. The molecule has 0 spiro atoms. The lowest BCUT2D eigenvalue weighted by Gasteiger charge is -2.21. The number of hydrogen-bond acceptors (Lipinski definition) is 4. The minimum Gasteiger partial charge on any atom is -0.459 e. The van der Waals surface area contributed by atoms with Crippen molar-refractivity contribution in [3.05, 3.63) is 65.2 Å². The Bertz CT molecular complexity index is 899. The molecule has 0 saturated heterocycles. The van der Waals surface area contributed by atoms with Gasteiger partial charge in [-0.1, -0.05) is 24.6 Å². The second-order valence-electron chi connectivity index (χ2n) is 7.15. The molecule has 0 bridgehead atoms. The van der Waals surface area contributed by atoms with Crippen molar-refractivity contribution in [2.24, 2.45) is 0 Å². The number of anilines is 1. The molecule has 1 amide bonds. The van der Waals surface area contributed by atoms with Crippen LogP contribution >= 0.6 is 11.6 Å². The third-order valence-electron chi connectivity index (χ3n) is 5.01. The summed E-state index contributed by atoms with van der Waals surface area (Å²) in [5.74, 6) is -0.621. The number of rotatable bonds is 6. The fourth-order valence-corrected chi connectivity index (χ4v) is 3.62. The number of carbonyl (C=O) groups excluding carboxylic acids is 2. The maximum atomic E-state index is 12.7. The zero-order valence-corrected chi connectivity index (χ0v) is 16.8. The first kappa shape index (κ1) is 20.9. The second-order valence-corrected chi connectivity index (χ2v) is 7.68. The molecular weight excluding hydrogens is 388 g/mol. The largest absolute Gasteiger partial charge is 0.459 e. The Morgan fingerprint density at radius 1 is 1.10 bits per heavy atom. The molecule has 0 radical (unpaired) electrons. The van der Waals surface area contributed by atoms with E-state index in [2.05, 4.69) is 5.32 Å². The van der Waals surface area contributed by atoms with Gasteiger partial charge in [-0.25, -0.2) is 4.79 Å². The lowest BCUT2D eigenvalue weighted by atomic mass is 9.98. The molecule has 1 saturated carbocycles. The first-order valence-corrected chi connectivity index (χ1v) is 10.2. The van der Waals surface area contributed by atoms with Crippen LogP contribution in [0.3, 0.4) is 0 Å². The lowest BCUT2D eigenvalue weighted by Crippen LogP contribution is -2.21. The number of nitrogens with one attached hydrogen (secondary N) is 1. The number of alkyl halides is 1. The van der Waals surface area contributed by atoms with E-state index < -0.39 is 5.38 Å². The molecule has 1 unspecified atom stereocenters. The predicted molar refractivity (Wildman–Crippen MR) is 112 cm³/mol. The van der Waals surface area contributed by atoms with Gasteiger partial charge in [0.2, 0.25) is 0 Å². The Morgan fingerprint density at radius 3 is 2.48 bits per heavy atom. The van der Waals surface area contributed by atoms with Crippen molar-refractivity contribution in [1.29, 1.82) is 5.26 Å². The summed E-state index contributed by atoms with van der Waals surface area (Å²) in [5.41, 5.74) is 2.21. The average Bonchev–Trinajstić information content (AvgIpc) is 2.75. The third-order valence-corrected chi connectivity index (χ3v) is 5.26. The minimum atomic E-state index is -0.696. The van der Waals surface area contributed by atoms with Crippen molar-refractivity contribution < 1.29 is 14.3 Å². The third kappa shape index (κ3) is 5.82. The van der Waals surface area contributed by atoms with Crippen LogP contribution < -0.4 is 5.32 Å². The van der Waals surface area contributed by atoms with Crippen molar-refractivity contribution in [2.45, 2.75) is 50.0 Å². The number of nitriles is 1. The first-order valence-electron chi connectivity index (χ1n) is 9.81. The van der Waals surface area contributed by atoms with Crippen LogP contribution in [0.25, 0.3) is 0 Å². The van der Waals surface area contributed by atoms with Crippen LogP contribution in [0.4, 0.5) is 5.69 Å². The summed E-state index contributed by atoms with van der Waals surface area (Å²) in [4.78, 5) is 25.0. The zero-order valence-electron chi connectivity index (χ0n) is 16.1. The number of carbonyl (C=O) groups is 2. The van der Waals surface area contributed by atoms with Crippen LogP contribution in [0.15, 0.2) is 48.5 Å². The summed E-state index contributed by atoms with van der Waals surface area (Å²) in [5, 5.41) is 11.0. The Hall–Kier alpha value is -2.84. The van der Waals surface area contributed by atoms with Crippen LogP contribution in [0.5, 0.6) is 0 Å². The summed E-state index contributed by atoms with van der Waals surface area (Å²) in [6, 6.07) is 15.7. The monoisotopic (exact) mass is 410 g/mol. The normalized spacial score (nSPS) is 15.2. The van der Waals surface area contributed by atoms with Gasteiger partial charge in [0.1, 0.15) is 11.5 Å². The van der Waals surface area contributed by atoms with Gasteiger partial charge in [0.15, 0.2) is 0 Å². The molecule has 1 fully saturated rings. The smallest absolute Gasteiger partial charge is 0.338 e. The van der Waals surface area contributed by atoms with Crippen molar-refractivity contribution in [3.8, 4) is 6.07 Å². The van der Waals surface area contributed by atoms with Crippen LogP contribution in [0, 0.1) is 11.3 Å². The fourth-order valence-electron chi connectivity index (χ4n) is 3.45. The van der Waals surface area contributed by atoms with Crippen LogP contribution in [0.2, 0.25) is 0 Å². The lowest BCUT2D eigenvalue weighted by molar-refractivity contribution is 0.0211. The van der Waals surface area contributed by atoms with E-state index in [4.69, 9.17) is 21.6 Å². The van der Waals surface area contributed by atoms with Crippen molar-refractivity contribution in [1.82, 2.24) is 0 Å². The SMILES string of the molecule is N#CC(Cl)Cc1ccccc1C(=O)Nc1ccc(C(=O)OC2CCCCC2)cc1. The molecule has 29 heavy (non-hydrogen) atoms. The molecule has 0 aromatic heterocycles. The van der Waals surface area contributed by atoms with E-state index in [1.54, 1.807) is 48.5 Å². The van der Waals surface area contributed by atoms with E-state index in [-0.39, 0.29) is 24.4 Å². The average molecular weight is 411 g/mol. The van der Waals surface area contributed by atoms with Crippen LogP contribution in [-0.2, 0) is 11.2 Å². The Morgan fingerprint density at radius 2 is 1.79 bits per heavy atom. The van der Waals surface area contributed by atoms with E-state index in [0.717, 1.165) is 25.7 Å². The van der Waals surface area contributed by atoms with Gasteiger partial charge in [-0.15, -0.1) is 11.6 Å². The first-order chi connectivity index (χ1) is 14.1. The highest BCUT2D eigenvalue weighted by Crippen LogP contribution is 2.22. The van der Waals surface area contributed by atoms with Gasteiger partial charge in [-0.05, 0) is 61.6 Å². The fraction of sp³-hybridized carbons (Fsp3) is 0.348. The molecule has 3 rings (SSSR count). The summed E-state index contributed by atoms with van der Waals surface area (Å²) in [7, 11) is 0. The van der Waals surface area contributed by atoms with E-state index in [9.17, 15) is 9.59 Å². The Balaban J connectivity index is 1.63. The topological polar surface area (TPSA) is 79.2 Å². The molecule has 1 N–H and O–H groups in total. The summed E-state index contributed by atoms with van der Waals surface area (Å²) < 4.78 is 5.57. The summed E-state index contributed by atoms with van der Waals surface area (Å²) in [6.07, 6.45) is 5.54. The standard InChI is InChI=1S/C23H23ClN2O3/c24-18(15-25)14-17-6-4-5-9-21(17)22(27)26-19-12-10-16(11-13-19)23(28)29-20-7-2-1-3-8-20/h4-6,9-13,18,20H,1-3,7-8,14H2,(H,26,27). The molecule has 1 aliphatic carbocycles. The van der Waals surface area contributed by atoms with Gasteiger partial charge in [-0.2, -0.15) is 5.26 Å². The zero-order chi connectivity index (χ0) is 20.6. The van der Waals surface area contributed by atoms with Gasteiger partial charge < -0.3 is 10.1 Å². The van der Waals surface area contributed by atoms with Crippen LogP contribution in [0.1, 0.15) is 58.4 Å². The van der Waals surface area contributed by atoms with E-state index in [1.807, 2.05) is 6.07 Å². The maximum Gasteiger partial charge on any atom is 0.338 e. The number of benzene rings is 2. The van der Waals surface area contributed by atoms with Gasteiger partial charge in [0.25, 0.3) is 5.91 Å². The molecule has 2 aromatic rings. The molecule has 6 heteroatoms. The second kappa shape index (κ2) is 10.1. The molecule has 2 aromatic carbocycles. The van der Waals surface area contributed by atoms with Gasteiger partial charge in [-0.3, -0.25) is 4.79 Å². The Kier molecular flexibility index (Phi) is 7.26. The van der Waals surface area contributed by atoms with Crippen molar-refractivity contribution in [3.63, 3.8) is 0 Å². The van der Waals surface area contributed by atoms with E-state index in [0.29, 0.717) is 22.4 Å². The van der Waals surface area contributed by atoms with Crippen molar-refractivity contribution in [2.75, 3.05) is 5.32 Å². The minimum absolute atomic E-state index is 0.00583. The number of amides is 1. The van der Waals surface area contributed by atoms with Gasteiger partial charge in [0, 0.05) is 17.7 Å². The molecular formula is C23H23ClN2O3. The number of nitrogens with zero attached hydrogens (tertiary/aromatic N) is 1. The summed E-state index contributed by atoms with van der Waals surface area (Å²) in [6.45, 7) is 0. The number of hydrogen-bond donors (Lipinski definition) is 1. The molecule has 5 nitrogen and oxygen atoms in total. The highest BCUT2D eigenvalue weighted by atomic mass is 35.5. The molecule has 150 valence electrons. The molecule has 1 aliphatic rings. The summed E-state index contributed by atoms with van der Waals surface area (Å²) >= 11 is 5.92. The molecule has 1 atom stereocenters. The number of halogens is 1. The van der Waals surface area contributed by atoms with Gasteiger partial charge >= 0.3 is 5.97 Å². The van der Waals surface area contributed by atoms with Crippen molar-refractivity contribution >= 4 is 29.2 Å². The van der Waals surface area contributed by atoms with E-state index >= 15 is 0 Å². The number of esters is 1. The Labute approximate surface area is 175 Å². The molecule has 0 heterocycles. The predicted octanol–water partition coefficient (Wildman–Crippen LogP) is 5.10.